The molecule has 1 amide bonds. The van der Waals surface area contributed by atoms with E-state index < -0.39 is 0 Å². The second-order valence-corrected chi connectivity index (χ2v) is 6.56. The molecule has 0 radical (unpaired) electrons. The molecule has 0 unspecified atom stereocenters. The lowest BCUT2D eigenvalue weighted by molar-refractivity contribution is 0.0959. The van der Waals surface area contributed by atoms with Gasteiger partial charge in [-0.25, -0.2) is 5.43 Å². The predicted octanol–water partition coefficient (Wildman–Crippen LogP) is 4.71. The van der Waals surface area contributed by atoms with E-state index in [9.17, 15) is 4.79 Å². The average Bonchev–Trinajstić information content (AvgIpc) is 2.73. The molecule has 1 aromatic carbocycles. The zero-order valence-electron chi connectivity index (χ0n) is 11.7. The van der Waals surface area contributed by atoms with E-state index in [-0.39, 0.29) is 5.91 Å². The quantitative estimate of drug-likeness (QED) is 0.645. The highest BCUT2D eigenvalue weighted by Crippen LogP contribution is 2.34. The topological polar surface area (TPSA) is 41.5 Å². The SMILES string of the molecule is CC(CC(C)C)=NNC(=O)c1sc2ccccc2c1Cl. The number of nitrogens with one attached hydrogen (secondary N) is 1. The van der Waals surface area contributed by atoms with Gasteiger partial charge in [0, 0.05) is 15.8 Å². The van der Waals surface area contributed by atoms with Crippen molar-refractivity contribution in [2.45, 2.75) is 27.2 Å². The molecule has 0 fully saturated rings. The lowest BCUT2D eigenvalue weighted by Crippen LogP contribution is -2.18. The van der Waals surface area contributed by atoms with Crippen LogP contribution in [0.2, 0.25) is 5.02 Å². The number of fused-ring (bicyclic) bond motifs is 1. The Balaban J connectivity index is 2.18. The minimum absolute atomic E-state index is 0.251. The minimum atomic E-state index is -0.251. The fourth-order valence-electron chi connectivity index (χ4n) is 1.99. The van der Waals surface area contributed by atoms with Crippen molar-refractivity contribution in [2.75, 3.05) is 0 Å². The monoisotopic (exact) mass is 308 g/mol. The van der Waals surface area contributed by atoms with Crippen LogP contribution in [0, 0.1) is 5.92 Å². The molecule has 0 spiro atoms. The van der Waals surface area contributed by atoms with Crippen LogP contribution in [-0.4, -0.2) is 11.6 Å². The van der Waals surface area contributed by atoms with Crippen LogP contribution in [0.15, 0.2) is 29.4 Å². The summed E-state index contributed by atoms with van der Waals surface area (Å²) in [6.07, 6.45) is 0.862. The number of nitrogens with zero attached hydrogens (tertiary/aromatic N) is 1. The summed E-state index contributed by atoms with van der Waals surface area (Å²) in [6, 6.07) is 7.71. The van der Waals surface area contributed by atoms with E-state index >= 15 is 0 Å². The van der Waals surface area contributed by atoms with Gasteiger partial charge in [-0.15, -0.1) is 11.3 Å². The molecule has 0 saturated heterocycles. The van der Waals surface area contributed by atoms with Gasteiger partial charge >= 0.3 is 0 Å². The van der Waals surface area contributed by atoms with Gasteiger partial charge in [0.05, 0.1) is 5.02 Å². The third kappa shape index (κ3) is 3.38. The molecule has 0 bridgehead atoms. The molecular weight excluding hydrogens is 292 g/mol. The summed E-state index contributed by atoms with van der Waals surface area (Å²) in [6.45, 7) is 6.14. The fourth-order valence-corrected chi connectivity index (χ4v) is 3.40. The van der Waals surface area contributed by atoms with Crippen LogP contribution in [0.5, 0.6) is 0 Å². The molecule has 20 heavy (non-hydrogen) atoms. The molecule has 1 heterocycles. The van der Waals surface area contributed by atoms with E-state index in [0.717, 1.165) is 22.2 Å². The first-order valence-electron chi connectivity index (χ1n) is 6.49. The summed E-state index contributed by atoms with van der Waals surface area (Å²) in [5, 5.41) is 5.53. The van der Waals surface area contributed by atoms with Crippen molar-refractivity contribution in [2.24, 2.45) is 11.0 Å². The van der Waals surface area contributed by atoms with Gasteiger partial charge < -0.3 is 0 Å². The Labute approximate surface area is 127 Å². The summed E-state index contributed by atoms with van der Waals surface area (Å²) in [5.74, 6) is 0.267. The molecule has 106 valence electrons. The predicted molar refractivity (Wildman–Crippen MR) is 86.9 cm³/mol. The summed E-state index contributed by atoms with van der Waals surface area (Å²) < 4.78 is 1.01. The number of carbonyl (C=O) groups excluding carboxylic acids is 1. The highest BCUT2D eigenvalue weighted by atomic mass is 35.5. The van der Waals surface area contributed by atoms with Crippen LogP contribution < -0.4 is 5.43 Å². The van der Waals surface area contributed by atoms with Crippen molar-refractivity contribution in [3.05, 3.63) is 34.2 Å². The van der Waals surface area contributed by atoms with Crippen molar-refractivity contribution >= 4 is 44.6 Å². The Kier molecular flexibility index (Phi) is 4.78. The van der Waals surface area contributed by atoms with E-state index in [1.54, 1.807) is 0 Å². The molecule has 0 atom stereocenters. The van der Waals surface area contributed by atoms with Gasteiger partial charge in [0.2, 0.25) is 0 Å². The Morgan fingerprint density at radius 3 is 2.75 bits per heavy atom. The first kappa shape index (κ1) is 15.0. The second kappa shape index (κ2) is 6.37. The van der Waals surface area contributed by atoms with Crippen LogP contribution in [0.25, 0.3) is 10.1 Å². The number of rotatable bonds is 4. The number of hydrogen-bond donors (Lipinski definition) is 1. The normalized spacial score (nSPS) is 12.2. The zero-order chi connectivity index (χ0) is 14.7. The number of hydrazone groups is 1. The average molecular weight is 309 g/mol. The molecular formula is C15H17ClN2OS. The van der Waals surface area contributed by atoms with Crippen molar-refractivity contribution in [1.82, 2.24) is 5.43 Å². The van der Waals surface area contributed by atoms with E-state index in [1.165, 1.54) is 11.3 Å². The molecule has 2 rings (SSSR count). The lowest BCUT2D eigenvalue weighted by Gasteiger charge is -2.04. The molecule has 0 aliphatic heterocycles. The first-order chi connectivity index (χ1) is 9.49. The van der Waals surface area contributed by atoms with Crippen molar-refractivity contribution in [3.8, 4) is 0 Å². The Hall–Kier alpha value is -1.39. The number of benzene rings is 1. The van der Waals surface area contributed by atoms with Crippen LogP contribution in [-0.2, 0) is 0 Å². The Morgan fingerprint density at radius 1 is 1.40 bits per heavy atom. The highest BCUT2D eigenvalue weighted by Gasteiger charge is 2.16. The maximum Gasteiger partial charge on any atom is 0.283 e. The number of hydrogen-bond acceptors (Lipinski definition) is 3. The number of halogens is 1. The molecule has 0 aliphatic carbocycles. The lowest BCUT2D eigenvalue weighted by atomic mass is 10.1. The summed E-state index contributed by atoms with van der Waals surface area (Å²) in [4.78, 5) is 12.6. The van der Waals surface area contributed by atoms with Crippen LogP contribution in [0.1, 0.15) is 36.9 Å². The second-order valence-electron chi connectivity index (χ2n) is 5.13. The number of amides is 1. The Morgan fingerprint density at radius 2 is 2.10 bits per heavy atom. The molecule has 0 aliphatic rings. The smallest absolute Gasteiger partial charge is 0.266 e. The third-order valence-corrected chi connectivity index (χ3v) is 4.47. The first-order valence-corrected chi connectivity index (χ1v) is 7.69. The highest BCUT2D eigenvalue weighted by molar-refractivity contribution is 7.21. The molecule has 3 nitrogen and oxygen atoms in total. The molecule has 5 heteroatoms. The zero-order valence-corrected chi connectivity index (χ0v) is 13.3. The third-order valence-electron chi connectivity index (χ3n) is 2.79. The number of thiophene rings is 1. The van der Waals surface area contributed by atoms with Crippen molar-refractivity contribution in [1.29, 1.82) is 0 Å². The van der Waals surface area contributed by atoms with Gasteiger partial charge in [0.25, 0.3) is 5.91 Å². The summed E-state index contributed by atoms with van der Waals surface area (Å²) in [7, 11) is 0. The molecule has 2 aromatic rings. The van der Waals surface area contributed by atoms with Crippen LogP contribution >= 0.6 is 22.9 Å². The number of carbonyl (C=O) groups is 1. The maximum absolute atomic E-state index is 12.1. The van der Waals surface area contributed by atoms with Gasteiger partial charge in [0.15, 0.2) is 0 Å². The van der Waals surface area contributed by atoms with E-state index in [2.05, 4.69) is 24.4 Å². The van der Waals surface area contributed by atoms with Crippen molar-refractivity contribution < 1.29 is 4.79 Å². The standard InChI is InChI=1S/C15H17ClN2OS/c1-9(2)8-10(3)17-18-15(19)14-13(16)11-6-4-5-7-12(11)20-14/h4-7,9H,8H2,1-3H3,(H,18,19). The van der Waals surface area contributed by atoms with Gasteiger partial charge in [0.1, 0.15) is 4.88 Å². The van der Waals surface area contributed by atoms with Gasteiger partial charge in [-0.3, -0.25) is 4.79 Å². The van der Waals surface area contributed by atoms with Crippen molar-refractivity contribution in [3.63, 3.8) is 0 Å². The molecule has 1 N–H and O–H groups in total. The van der Waals surface area contributed by atoms with Crippen LogP contribution in [0.3, 0.4) is 0 Å². The van der Waals surface area contributed by atoms with Gasteiger partial charge in [-0.05, 0) is 25.3 Å². The summed E-state index contributed by atoms with van der Waals surface area (Å²) >= 11 is 7.64. The largest absolute Gasteiger partial charge is 0.283 e. The Bertz CT molecular complexity index is 661. The fraction of sp³-hybridized carbons (Fsp3) is 0.333. The van der Waals surface area contributed by atoms with Gasteiger partial charge in [-0.2, -0.15) is 5.10 Å². The van der Waals surface area contributed by atoms with E-state index in [4.69, 9.17) is 11.6 Å². The minimum Gasteiger partial charge on any atom is -0.266 e. The molecule has 1 aromatic heterocycles. The van der Waals surface area contributed by atoms with E-state index in [1.807, 2.05) is 31.2 Å². The maximum atomic E-state index is 12.1. The van der Waals surface area contributed by atoms with Crippen LogP contribution in [0.4, 0.5) is 0 Å². The molecule has 0 saturated carbocycles. The summed E-state index contributed by atoms with van der Waals surface area (Å²) in [5.41, 5.74) is 3.49. The van der Waals surface area contributed by atoms with Gasteiger partial charge in [-0.1, -0.05) is 43.6 Å². The van der Waals surface area contributed by atoms with E-state index in [0.29, 0.717) is 15.8 Å².